The maximum absolute atomic E-state index is 10.8. The van der Waals surface area contributed by atoms with Gasteiger partial charge in [-0.2, -0.15) is 0 Å². The second-order valence-corrected chi connectivity index (χ2v) is 10.1. The van der Waals surface area contributed by atoms with E-state index in [-0.39, 0.29) is 0 Å². The maximum atomic E-state index is 10.8. The van der Waals surface area contributed by atoms with Crippen LogP contribution in [-0.4, -0.2) is 14.4 Å². The average Bonchev–Trinajstić information content (AvgIpc) is 2.19. The molecule has 86 valence electrons. The van der Waals surface area contributed by atoms with Gasteiger partial charge in [-0.3, -0.25) is 4.79 Å². The van der Waals surface area contributed by atoms with E-state index in [0.29, 0.717) is 11.8 Å². The number of hydrogen-bond acceptors (Lipinski definition) is 1. The molecule has 0 radical (unpaired) electrons. The van der Waals surface area contributed by atoms with Gasteiger partial charge in [0.2, 0.25) is 0 Å². The van der Waals surface area contributed by atoms with Gasteiger partial charge in [-0.25, -0.2) is 0 Å². The zero-order chi connectivity index (χ0) is 12.2. The summed E-state index contributed by atoms with van der Waals surface area (Å²) in [4.78, 5) is 10.8. The lowest BCUT2D eigenvalue weighted by Crippen LogP contribution is -2.18. The first-order valence-electron chi connectivity index (χ1n) is 5.77. The van der Waals surface area contributed by atoms with Crippen LogP contribution >= 0.6 is 0 Å². The number of carbonyl (C=O) groups is 1. The minimum atomic E-state index is -1.26. The van der Waals surface area contributed by atoms with Crippen LogP contribution < -0.4 is 0 Å². The summed E-state index contributed by atoms with van der Waals surface area (Å²) in [6, 6.07) is 0. The van der Waals surface area contributed by atoms with E-state index in [1.807, 2.05) is 12.2 Å². The molecule has 0 unspecified atom stereocenters. The molecule has 1 nitrogen and oxygen atoms in total. The van der Waals surface area contributed by atoms with Crippen molar-refractivity contribution in [3.8, 4) is 11.5 Å². The molecule has 0 aromatic carbocycles. The van der Waals surface area contributed by atoms with Gasteiger partial charge in [0, 0.05) is 6.42 Å². The highest BCUT2D eigenvalue weighted by molar-refractivity contribution is 6.83. The van der Waals surface area contributed by atoms with Crippen molar-refractivity contribution >= 4 is 14.4 Å². The molecule has 0 aromatic heterocycles. The van der Waals surface area contributed by atoms with Crippen molar-refractivity contribution in [2.24, 2.45) is 11.8 Å². The first kappa shape index (κ1) is 13.0. The fraction of sp³-hybridized carbons (Fsp3) is 0.500. The van der Waals surface area contributed by atoms with Gasteiger partial charge in [-0.05, 0) is 17.4 Å². The standard InChI is InChI=1S/C14H20OSi/c1-12-13(7-5-8-14(12)11-15)9-6-10-16(2,3)4/h5,7-8,11-13H,9H2,1-4H3/t12-,13-/m0/s1. The summed E-state index contributed by atoms with van der Waals surface area (Å²) in [5.41, 5.74) is 4.26. The quantitative estimate of drug-likeness (QED) is 0.406. The minimum Gasteiger partial charge on any atom is -0.298 e. The first-order valence-corrected chi connectivity index (χ1v) is 9.27. The Morgan fingerprint density at radius 1 is 1.44 bits per heavy atom. The van der Waals surface area contributed by atoms with Crippen molar-refractivity contribution < 1.29 is 4.79 Å². The largest absolute Gasteiger partial charge is 0.298 e. The van der Waals surface area contributed by atoms with Crippen molar-refractivity contribution in [1.82, 2.24) is 0 Å². The lowest BCUT2D eigenvalue weighted by molar-refractivity contribution is -0.105. The zero-order valence-electron chi connectivity index (χ0n) is 10.6. The number of hydrogen-bond donors (Lipinski definition) is 0. The van der Waals surface area contributed by atoms with Gasteiger partial charge in [0.1, 0.15) is 14.4 Å². The van der Waals surface area contributed by atoms with E-state index >= 15 is 0 Å². The molecule has 0 spiro atoms. The molecule has 2 atom stereocenters. The molecule has 0 heterocycles. The Labute approximate surface area is 99.6 Å². The normalized spacial score (nSPS) is 24.4. The highest BCUT2D eigenvalue weighted by Gasteiger charge is 2.19. The van der Waals surface area contributed by atoms with Crippen LogP contribution in [0.1, 0.15) is 13.3 Å². The van der Waals surface area contributed by atoms with Crippen LogP contribution in [0.4, 0.5) is 0 Å². The fourth-order valence-corrected chi connectivity index (χ4v) is 2.33. The lowest BCUT2D eigenvalue weighted by atomic mass is 9.82. The predicted octanol–water partition coefficient (Wildman–Crippen LogP) is 3.20. The highest BCUT2D eigenvalue weighted by atomic mass is 28.3. The topological polar surface area (TPSA) is 17.1 Å². The summed E-state index contributed by atoms with van der Waals surface area (Å²) in [7, 11) is -1.26. The molecule has 1 aliphatic rings. The van der Waals surface area contributed by atoms with Crippen LogP contribution in [0.15, 0.2) is 23.8 Å². The second-order valence-electron chi connectivity index (χ2n) is 5.38. The van der Waals surface area contributed by atoms with Crippen molar-refractivity contribution in [2.75, 3.05) is 0 Å². The summed E-state index contributed by atoms with van der Waals surface area (Å²) in [5, 5.41) is 0. The van der Waals surface area contributed by atoms with Crippen LogP contribution in [0.25, 0.3) is 0 Å². The van der Waals surface area contributed by atoms with E-state index in [2.05, 4.69) is 44.1 Å². The summed E-state index contributed by atoms with van der Waals surface area (Å²) >= 11 is 0. The molecule has 0 fully saturated rings. The maximum Gasteiger partial charge on any atom is 0.146 e. The van der Waals surface area contributed by atoms with E-state index in [0.717, 1.165) is 18.3 Å². The average molecular weight is 232 g/mol. The SMILES string of the molecule is C[C@@H]1C(C=O)=CC=C[C@H]1CC#C[Si](C)(C)C. The Morgan fingerprint density at radius 3 is 2.69 bits per heavy atom. The molecule has 0 saturated carbocycles. The first-order chi connectivity index (χ1) is 7.44. The molecule has 1 rings (SSSR count). The van der Waals surface area contributed by atoms with Crippen molar-refractivity contribution in [1.29, 1.82) is 0 Å². The minimum absolute atomic E-state index is 0.304. The van der Waals surface area contributed by atoms with Crippen LogP contribution in [0, 0.1) is 23.3 Å². The van der Waals surface area contributed by atoms with Gasteiger partial charge in [0.15, 0.2) is 0 Å². The molecule has 0 bridgehead atoms. The van der Waals surface area contributed by atoms with Gasteiger partial charge in [0.25, 0.3) is 0 Å². The molecule has 0 N–H and O–H groups in total. The summed E-state index contributed by atoms with van der Waals surface area (Å²) in [6.07, 6.45) is 7.88. The van der Waals surface area contributed by atoms with Crippen LogP contribution in [0.2, 0.25) is 19.6 Å². The summed E-state index contributed by atoms with van der Waals surface area (Å²) in [5.74, 6) is 3.99. The van der Waals surface area contributed by atoms with Gasteiger partial charge in [-0.1, -0.05) is 44.8 Å². The Bertz CT molecular complexity index is 374. The number of rotatable bonds is 2. The monoisotopic (exact) mass is 232 g/mol. The van der Waals surface area contributed by atoms with E-state index in [1.54, 1.807) is 0 Å². The summed E-state index contributed by atoms with van der Waals surface area (Å²) < 4.78 is 0. The molecule has 2 heteroatoms. The van der Waals surface area contributed by atoms with Crippen molar-refractivity contribution in [3.63, 3.8) is 0 Å². The number of carbonyl (C=O) groups excluding carboxylic acids is 1. The molecule has 0 saturated heterocycles. The Morgan fingerprint density at radius 2 is 2.12 bits per heavy atom. The third-order valence-electron chi connectivity index (χ3n) is 2.75. The molecule has 1 aliphatic carbocycles. The Balaban J connectivity index is 2.63. The van der Waals surface area contributed by atoms with E-state index < -0.39 is 8.07 Å². The van der Waals surface area contributed by atoms with Gasteiger partial charge < -0.3 is 0 Å². The molecular weight excluding hydrogens is 212 g/mol. The van der Waals surface area contributed by atoms with Gasteiger partial charge in [0.05, 0.1) is 0 Å². The van der Waals surface area contributed by atoms with E-state index in [1.165, 1.54) is 0 Å². The van der Waals surface area contributed by atoms with E-state index in [9.17, 15) is 4.79 Å². The molecule has 0 amide bonds. The van der Waals surface area contributed by atoms with Crippen molar-refractivity contribution in [2.45, 2.75) is 33.0 Å². The highest BCUT2D eigenvalue weighted by Crippen LogP contribution is 2.26. The lowest BCUT2D eigenvalue weighted by Gasteiger charge is -2.21. The summed E-state index contributed by atoms with van der Waals surface area (Å²) in [6.45, 7) is 8.84. The second kappa shape index (κ2) is 5.31. The third-order valence-corrected chi connectivity index (χ3v) is 3.68. The number of allylic oxidation sites excluding steroid dienone is 4. The van der Waals surface area contributed by atoms with Crippen LogP contribution in [-0.2, 0) is 4.79 Å². The molecular formula is C14H20OSi. The predicted molar refractivity (Wildman–Crippen MR) is 71.7 cm³/mol. The third kappa shape index (κ3) is 3.82. The van der Waals surface area contributed by atoms with Crippen molar-refractivity contribution in [3.05, 3.63) is 23.8 Å². The van der Waals surface area contributed by atoms with Gasteiger partial charge >= 0.3 is 0 Å². The van der Waals surface area contributed by atoms with E-state index in [4.69, 9.17) is 0 Å². The molecule has 0 aliphatic heterocycles. The molecule has 0 aromatic rings. The van der Waals surface area contributed by atoms with Crippen LogP contribution in [0.3, 0.4) is 0 Å². The zero-order valence-corrected chi connectivity index (χ0v) is 11.6. The molecule has 16 heavy (non-hydrogen) atoms. The number of aldehydes is 1. The Kier molecular flexibility index (Phi) is 4.32. The Hall–Kier alpha value is -1.07. The van der Waals surface area contributed by atoms with Crippen LogP contribution in [0.5, 0.6) is 0 Å². The smallest absolute Gasteiger partial charge is 0.146 e. The van der Waals surface area contributed by atoms with Gasteiger partial charge in [-0.15, -0.1) is 11.5 Å². The fourth-order valence-electron chi connectivity index (χ4n) is 1.70.